The number of hydrogen-bond acceptors (Lipinski definition) is 21. The molecule has 0 bridgehead atoms. The number of aliphatic hydroxyl groups excluding tert-OH is 12. The number of ether oxygens (including phenoxy) is 4. The molecule has 4 rings (SSSR count). The van der Waals surface area contributed by atoms with Gasteiger partial charge >= 0.3 is 0 Å². The van der Waals surface area contributed by atoms with E-state index in [1.807, 2.05) is 0 Å². The number of nitrogens with zero attached hydrogens (tertiary/aromatic N) is 3. The zero-order chi connectivity index (χ0) is 43.9. The number of aliphatic hydroxyl groups is 12. The molecule has 4 aliphatic rings. The summed E-state index contributed by atoms with van der Waals surface area (Å²) in [7, 11) is 0. The Balaban J connectivity index is 1.41. The topological polar surface area (TPSA) is 430 Å². The van der Waals surface area contributed by atoms with E-state index >= 15 is 0 Å². The Labute approximate surface area is 350 Å². The molecule has 19 N–H and O–H groups in total. The van der Waals surface area contributed by atoms with Crippen LogP contribution in [0.4, 0.5) is 0 Å². The van der Waals surface area contributed by atoms with Crippen LogP contribution < -0.4 is 37.2 Å². The van der Waals surface area contributed by atoms with Crippen LogP contribution in [0.2, 0.25) is 0 Å². The second kappa shape index (κ2) is 21.8. The van der Waals surface area contributed by atoms with E-state index in [2.05, 4.69) is 47.2 Å². The van der Waals surface area contributed by atoms with Crippen molar-refractivity contribution >= 4 is 57.9 Å². The Bertz CT molecular complexity index is 1520. The molecule has 0 aromatic rings. The molecule has 0 unspecified atom stereocenters. The number of azide groups is 1. The Kier molecular flexibility index (Phi) is 18.1. The molecular formula is C29H50N10O17S3. The fraction of sp³-hybridized carbons (Fsp3) is 0.862. The standard InChI is InChI=1S/C29H50N10O17S3/c1-6(44)31-23-19(49)11(15(45)7(2-40)53-23)32-27(57)35-24-20(50)12(16(46)8(3-41)54-24)33-28(58)36-25-21(51)13(17(47)9(4-42)55-25)34-29(59)37-26-22(52)14(38-39-30)18(48)10(5-43)56-26/h7-26,40-43,45-52H,2-5H2,1H3,(H,31,44)(H2,32,35,57)(H2,33,36,58)(H2,34,37,59)/t7-,8-,9-,10-,11+,12+,13+,14+,15-,16-,17-,18-,19-,20-,21-,22-,23-,24-,25-,26-/m1/s1. The van der Waals surface area contributed by atoms with Gasteiger partial charge in [0.2, 0.25) is 5.91 Å². The maximum Gasteiger partial charge on any atom is 0.218 e. The molecule has 4 saturated heterocycles. The minimum Gasteiger partial charge on any atom is -0.394 e. The minimum atomic E-state index is -1.74. The maximum absolute atomic E-state index is 11.6. The summed E-state index contributed by atoms with van der Waals surface area (Å²) in [5.74, 6) is -0.584. The van der Waals surface area contributed by atoms with E-state index in [9.17, 15) is 66.1 Å². The molecule has 59 heavy (non-hydrogen) atoms. The molecule has 0 aromatic carbocycles. The van der Waals surface area contributed by atoms with Crippen LogP contribution in [0.1, 0.15) is 6.92 Å². The average Bonchev–Trinajstić information content (AvgIpc) is 3.19. The van der Waals surface area contributed by atoms with Gasteiger partial charge in [-0.25, -0.2) is 0 Å². The molecule has 20 atom stereocenters. The molecule has 4 heterocycles. The van der Waals surface area contributed by atoms with Gasteiger partial charge in [0.15, 0.2) is 40.2 Å². The average molecular weight is 907 g/mol. The maximum atomic E-state index is 11.6. The lowest BCUT2D eigenvalue weighted by Crippen LogP contribution is -2.72. The first-order chi connectivity index (χ1) is 27.9. The first-order valence-electron chi connectivity index (χ1n) is 17.9. The predicted molar refractivity (Wildman–Crippen MR) is 206 cm³/mol. The molecule has 0 aliphatic carbocycles. The van der Waals surface area contributed by atoms with Crippen molar-refractivity contribution in [2.45, 2.75) is 129 Å². The lowest BCUT2D eigenvalue weighted by atomic mass is 9.94. The third-order valence-corrected chi connectivity index (χ3v) is 10.6. The van der Waals surface area contributed by atoms with Crippen LogP contribution in [-0.2, 0) is 23.7 Å². The van der Waals surface area contributed by atoms with Gasteiger partial charge in [-0.3, -0.25) is 4.79 Å². The van der Waals surface area contributed by atoms with Gasteiger partial charge in [0.05, 0.1) is 56.7 Å². The Morgan fingerprint density at radius 1 is 0.508 bits per heavy atom. The van der Waals surface area contributed by atoms with Crippen molar-refractivity contribution in [3.63, 3.8) is 0 Å². The highest BCUT2D eigenvalue weighted by atomic mass is 32.1. The van der Waals surface area contributed by atoms with Gasteiger partial charge < -0.3 is 117 Å². The van der Waals surface area contributed by atoms with Crippen LogP contribution in [0.5, 0.6) is 0 Å². The van der Waals surface area contributed by atoms with Gasteiger partial charge in [0.1, 0.15) is 67.1 Å². The number of hydrogen-bond donors (Lipinski definition) is 19. The molecule has 0 aromatic heterocycles. The van der Waals surface area contributed by atoms with Crippen LogP contribution in [-0.4, -0.2) is 231 Å². The highest BCUT2D eigenvalue weighted by Crippen LogP contribution is 2.25. The quantitative estimate of drug-likeness (QED) is 0.0374. The first-order valence-corrected chi connectivity index (χ1v) is 19.2. The van der Waals surface area contributed by atoms with E-state index in [1.54, 1.807) is 0 Å². The van der Waals surface area contributed by atoms with Crippen LogP contribution in [0.25, 0.3) is 10.4 Å². The van der Waals surface area contributed by atoms with E-state index in [4.69, 9.17) is 61.1 Å². The van der Waals surface area contributed by atoms with Crippen molar-refractivity contribution < 1.29 is 85.0 Å². The van der Waals surface area contributed by atoms with E-state index in [0.717, 1.165) is 6.92 Å². The predicted octanol–water partition coefficient (Wildman–Crippen LogP) is -9.94. The normalized spacial score (nSPS) is 42.3. The van der Waals surface area contributed by atoms with Gasteiger partial charge in [-0.1, -0.05) is 5.11 Å². The third-order valence-electron chi connectivity index (χ3n) is 9.92. The third kappa shape index (κ3) is 11.6. The van der Waals surface area contributed by atoms with Crippen molar-refractivity contribution in [3.05, 3.63) is 10.4 Å². The molecule has 0 radical (unpaired) electrons. The van der Waals surface area contributed by atoms with Crippen molar-refractivity contribution in [2.75, 3.05) is 26.4 Å². The highest BCUT2D eigenvalue weighted by Gasteiger charge is 2.50. The summed E-state index contributed by atoms with van der Waals surface area (Å²) in [6.45, 7) is -1.84. The van der Waals surface area contributed by atoms with Crippen LogP contribution in [0, 0.1) is 0 Å². The molecule has 4 fully saturated rings. The monoisotopic (exact) mass is 906 g/mol. The van der Waals surface area contributed by atoms with Crippen LogP contribution >= 0.6 is 36.7 Å². The summed E-state index contributed by atoms with van der Waals surface area (Å²) in [4.78, 5) is 14.2. The van der Waals surface area contributed by atoms with Crippen molar-refractivity contribution in [1.82, 2.24) is 37.2 Å². The summed E-state index contributed by atoms with van der Waals surface area (Å²) in [5, 5.41) is 146. The number of rotatable bonds is 12. The zero-order valence-electron chi connectivity index (χ0n) is 30.8. The Morgan fingerprint density at radius 3 is 1.08 bits per heavy atom. The van der Waals surface area contributed by atoms with Gasteiger partial charge in [0.25, 0.3) is 0 Å². The highest BCUT2D eigenvalue weighted by molar-refractivity contribution is 7.80. The smallest absolute Gasteiger partial charge is 0.218 e. The minimum absolute atomic E-state index is 0.339. The zero-order valence-corrected chi connectivity index (χ0v) is 33.3. The van der Waals surface area contributed by atoms with E-state index in [0.29, 0.717) is 0 Å². The molecule has 0 spiro atoms. The first kappa shape index (κ1) is 48.9. The van der Waals surface area contributed by atoms with Gasteiger partial charge in [-0.05, 0) is 42.2 Å². The molecule has 4 aliphatic heterocycles. The number of carbonyl (C=O) groups is 1. The Morgan fingerprint density at radius 2 is 0.797 bits per heavy atom. The van der Waals surface area contributed by atoms with Crippen molar-refractivity contribution in [2.24, 2.45) is 5.11 Å². The van der Waals surface area contributed by atoms with Crippen molar-refractivity contribution in [3.8, 4) is 0 Å². The van der Waals surface area contributed by atoms with E-state index in [-0.39, 0.29) is 15.3 Å². The molecule has 27 nitrogen and oxygen atoms in total. The van der Waals surface area contributed by atoms with Gasteiger partial charge in [-0.2, -0.15) is 0 Å². The van der Waals surface area contributed by atoms with E-state index in [1.165, 1.54) is 0 Å². The number of amides is 1. The number of thiocarbonyl (C=S) groups is 3. The van der Waals surface area contributed by atoms with Gasteiger partial charge in [0, 0.05) is 11.8 Å². The molecule has 30 heteroatoms. The Hall–Kier alpha value is -2.79. The molecule has 0 saturated carbocycles. The summed E-state index contributed by atoms with van der Waals surface area (Å²) in [6.07, 6.45) is -24.4. The van der Waals surface area contributed by atoms with Crippen molar-refractivity contribution in [1.29, 1.82) is 0 Å². The fourth-order valence-corrected chi connectivity index (χ4v) is 7.58. The summed E-state index contributed by atoms with van der Waals surface area (Å²) in [6, 6.07) is -5.70. The molecule has 336 valence electrons. The fourth-order valence-electron chi connectivity index (χ4n) is 6.82. The second-order valence-electron chi connectivity index (χ2n) is 13.9. The molecular weight excluding hydrogens is 857 g/mol. The van der Waals surface area contributed by atoms with Crippen LogP contribution in [0.15, 0.2) is 5.11 Å². The van der Waals surface area contributed by atoms with E-state index < -0.39 is 155 Å². The lowest BCUT2D eigenvalue weighted by molar-refractivity contribution is -0.203. The summed E-state index contributed by atoms with van der Waals surface area (Å²) < 4.78 is 22.0. The summed E-state index contributed by atoms with van der Waals surface area (Å²) >= 11 is 16.0. The van der Waals surface area contributed by atoms with Crippen LogP contribution in [0.3, 0.4) is 0 Å². The van der Waals surface area contributed by atoms with Gasteiger partial charge in [-0.15, -0.1) is 0 Å². The largest absolute Gasteiger partial charge is 0.394 e. The summed E-state index contributed by atoms with van der Waals surface area (Å²) in [5.41, 5.74) is 8.86. The number of carbonyl (C=O) groups excluding carboxylic acids is 1. The molecule has 1 amide bonds. The lowest BCUT2D eigenvalue weighted by Gasteiger charge is -2.46. The second-order valence-corrected chi connectivity index (χ2v) is 15.1. The SMILES string of the molecule is CC(=O)N[C@@H]1O[C@H](CO)[C@@H](O)[C@H](NC(=S)N[C@@H]2O[C@H](CO)[C@@H](O)[C@H](NC(=S)N[C@@H]3O[C@H](CO)[C@@H](O)[C@H](NC(=S)N[C@@H]4O[C@H](CO)[C@@H](O)[C@H](N=[N+]=[N-])[C@H]4O)[C@H]3O)[C@H]2O)[C@H]1O. The number of nitrogens with one attached hydrogen (secondary N) is 7.